The Balaban J connectivity index is 2.37. The van der Waals surface area contributed by atoms with Crippen LogP contribution < -0.4 is 9.65 Å². The van der Waals surface area contributed by atoms with Gasteiger partial charge in [0.2, 0.25) is 0 Å². The van der Waals surface area contributed by atoms with Crippen molar-refractivity contribution >= 4 is 45.3 Å². The first-order valence-electron chi connectivity index (χ1n) is 6.83. The molecular weight excluding hydrogens is 463 g/mol. The zero-order valence-corrected chi connectivity index (χ0v) is 16.2. The average molecular weight is 478 g/mol. The zero-order valence-electron chi connectivity index (χ0n) is 13.3. The van der Waals surface area contributed by atoms with Gasteiger partial charge in [-0.3, -0.25) is 0 Å². The van der Waals surface area contributed by atoms with E-state index in [4.69, 9.17) is 9.31 Å². The highest BCUT2D eigenvalue weighted by atomic mass is 127. The highest BCUT2D eigenvalue weighted by molar-refractivity contribution is 14.1. The molecule has 24 heavy (non-hydrogen) atoms. The van der Waals surface area contributed by atoms with Crippen LogP contribution in [0.4, 0.5) is 13.2 Å². The molecule has 0 N–H and O–H groups in total. The van der Waals surface area contributed by atoms with Crippen LogP contribution in [0.15, 0.2) is 18.2 Å². The molecule has 2 rings (SSSR count). The molecule has 1 fully saturated rings. The molecule has 0 radical (unpaired) electrons. The maximum Gasteiger partial charge on any atom is 0.534 e. The molecule has 1 aliphatic heterocycles. The topological polar surface area (TPSA) is 61.8 Å². The van der Waals surface area contributed by atoms with Gasteiger partial charge in [0.05, 0.1) is 14.8 Å². The van der Waals surface area contributed by atoms with Gasteiger partial charge in [-0.05, 0) is 61.8 Å². The van der Waals surface area contributed by atoms with Gasteiger partial charge in [-0.25, -0.2) is 0 Å². The monoisotopic (exact) mass is 478 g/mol. The van der Waals surface area contributed by atoms with Crippen molar-refractivity contribution in [2.24, 2.45) is 0 Å². The Kier molecular flexibility index (Phi) is 4.97. The molecule has 11 heteroatoms. The third kappa shape index (κ3) is 3.53. The summed E-state index contributed by atoms with van der Waals surface area (Å²) in [5, 5.41) is 0. The van der Waals surface area contributed by atoms with Crippen LogP contribution in [-0.4, -0.2) is 32.2 Å². The number of halogens is 4. The number of benzene rings is 1. The van der Waals surface area contributed by atoms with Crippen LogP contribution in [0.25, 0.3) is 0 Å². The smallest absolute Gasteiger partial charge is 0.399 e. The van der Waals surface area contributed by atoms with Gasteiger partial charge in [-0.1, -0.05) is 12.1 Å². The van der Waals surface area contributed by atoms with Crippen molar-refractivity contribution in [1.29, 1.82) is 0 Å². The molecule has 0 amide bonds. The normalized spacial score (nSPS) is 20.2. The van der Waals surface area contributed by atoms with Gasteiger partial charge in [0.15, 0.2) is 5.75 Å². The second-order valence-corrected chi connectivity index (χ2v) is 8.85. The quantitative estimate of drug-likeness (QED) is 0.290. The van der Waals surface area contributed by atoms with Gasteiger partial charge in [0, 0.05) is 0 Å². The molecule has 0 unspecified atom stereocenters. The molecule has 0 bridgehead atoms. The summed E-state index contributed by atoms with van der Waals surface area (Å²) in [6.45, 7) is 7.31. The third-order valence-electron chi connectivity index (χ3n) is 3.98. The van der Waals surface area contributed by atoms with Crippen LogP contribution in [0.1, 0.15) is 27.7 Å². The molecule has 1 aliphatic rings. The first-order valence-corrected chi connectivity index (χ1v) is 9.31. The molecule has 1 aromatic carbocycles. The van der Waals surface area contributed by atoms with Crippen LogP contribution >= 0.6 is 22.6 Å². The largest absolute Gasteiger partial charge is 0.534 e. The SMILES string of the molecule is CC1(C)OB(c2cccc(OS(=O)(=O)C(F)(F)F)c2I)OC1(C)C. The standard InChI is InChI=1S/C13H15BF3IO5S/c1-11(2)12(3,4)23-14(22-11)8-6-5-7-9(10(8)18)21-24(19,20)13(15,16)17/h5-7H,1-4H3. The summed E-state index contributed by atoms with van der Waals surface area (Å²) in [7, 11) is -6.59. The summed E-state index contributed by atoms with van der Waals surface area (Å²) >= 11 is 1.71. The minimum absolute atomic E-state index is 0.168. The second kappa shape index (κ2) is 6.03. The van der Waals surface area contributed by atoms with Gasteiger partial charge < -0.3 is 13.5 Å². The molecule has 1 saturated heterocycles. The lowest BCUT2D eigenvalue weighted by atomic mass is 9.79. The maximum absolute atomic E-state index is 12.5. The minimum Gasteiger partial charge on any atom is -0.399 e. The number of hydrogen-bond donors (Lipinski definition) is 0. The molecule has 0 aliphatic carbocycles. The Labute approximate surface area is 152 Å². The molecule has 1 aromatic rings. The third-order valence-corrected chi connectivity index (χ3v) is 6.10. The average Bonchev–Trinajstić information content (AvgIpc) is 2.59. The minimum atomic E-state index is -5.75. The van der Waals surface area contributed by atoms with Gasteiger partial charge in [-0.15, -0.1) is 0 Å². The predicted octanol–water partition coefficient (Wildman–Crippen LogP) is 2.82. The van der Waals surface area contributed by atoms with E-state index >= 15 is 0 Å². The Morgan fingerprint density at radius 3 is 2.08 bits per heavy atom. The summed E-state index contributed by atoms with van der Waals surface area (Å²) in [4.78, 5) is 0. The van der Waals surface area contributed by atoms with Crippen molar-refractivity contribution in [3.63, 3.8) is 0 Å². The summed E-state index contributed by atoms with van der Waals surface area (Å²) in [5.74, 6) is -0.430. The van der Waals surface area contributed by atoms with Crippen molar-refractivity contribution in [2.75, 3.05) is 0 Å². The fourth-order valence-electron chi connectivity index (χ4n) is 1.91. The maximum atomic E-state index is 12.5. The molecule has 0 aromatic heterocycles. The molecule has 5 nitrogen and oxygen atoms in total. The van der Waals surface area contributed by atoms with E-state index in [0.29, 0.717) is 5.46 Å². The van der Waals surface area contributed by atoms with Gasteiger partial charge in [0.25, 0.3) is 0 Å². The predicted molar refractivity (Wildman–Crippen MR) is 90.5 cm³/mol. The van der Waals surface area contributed by atoms with E-state index in [-0.39, 0.29) is 3.57 Å². The van der Waals surface area contributed by atoms with E-state index < -0.39 is 39.7 Å². The first kappa shape index (κ1) is 19.8. The molecule has 0 atom stereocenters. The lowest BCUT2D eigenvalue weighted by molar-refractivity contribution is -0.0500. The highest BCUT2D eigenvalue weighted by Crippen LogP contribution is 2.37. The van der Waals surface area contributed by atoms with Gasteiger partial charge in [-0.2, -0.15) is 21.6 Å². The summed E-state index contributed by atoms with van der Waals surface area (Å²) < 4.78 is 75.9. The summed E-state index contributed by atoms with van der Waals surface area (Å²) in [6.07, 6.45) is 0. The van der Waals surface area contributed by atoms with Crippen LogP contribution in [0, 0.1) is 3.57 Å². The molecule has 1 heterocycles. The molecular formula is C13H15BF3IO5S. The lowest BCUT2D eigenvalue weighted by Crippen LogP contribution is -2.41. The molecule has 0 spiro atoms. The zero-order chi connectivity index (χ0) is 18.6. The van der Waals surface area contributed by atoms with Crippen molar-refractivity contribution < 1.29 is 35.1 Å². The van der Waals surface area contributed by atoms with Crippen molar-refractivity contribution in [3.8, 4) is 5.75 Å². The Hall–Kier alpha value is -0.525. The van der Waals surface area contributed by atoms with Crippen molar-refractivity contribution in [2.45, 2.75) is 44.4 Å². The van der Waals surface area contributed by atoms with E-state index in [1.807, 2.05) is 27.7 Å². The van der Waals surface area contributed by atoms with Crippen molar-refractivity contribution in [3.05, 3.63) is 21.8 Å². The van der Waals surface area contributed by atoms with Gasteiger partial charge in [0.1, 0.15) is 0 Å². The van der Waals surface area contributed by atoms with E-state index in [1.54, 1.807) is 28.7 Å². The summed E-state index contributed by atoms with van der Waals surface area (Å²) in [6, 6.07) is 4.10. The second-order valence-electron chi connectivity index (χ2n) is 6.23. The van der Waals surface area contributed by atoms with E-state index in [9.17, 15) is 21.6 Å². The fourth-order valence-corrected chi connectivity index (χ4v) is 3.25. The Morgan fingerprint density at radius 2 is 1.62 bits per heavy atom. The van der Waals surface area contributed by atoms with E-state index in [1.165, 1.54) is 6.07 Å². The first-order chi connectivity index (χ1) is 10.7. The van der Waals surface area contributed by atoms with Crippen LogP contribution in [-0.2, 0) is 19.4 Å². The number of rotatable bonds is 3. The number of alkyl halides is 3. The number of hydrogen-bond acceptors (Lipinski definition) is 5. The Morgan fingerprint density at radius 1 is 1.12 bits per heavy atom. The molecule has 134 valence electrons. The van der Waals surface area contributed by atoms with Gasteiger partial charge >= 0.3 is 22.7 Å². The van der Waals surface area contributed by atoms with Crippen LogP contribution in [0.3, 0.4) is 0 Å². The van der Waals surface area contributed by atoms with E-state index in [0.717, 1.165) is 6.07 Å². The van der Waals surface area contributed by atoms with Crippen LogP contribution in [0.5, 0.6) is 5.75 Å². The summed E-state index contributed by atoms with van der Waals surface area (Å²) in [5.41, 5.74) is -6.40. The Bertz CT molecular complexity index is 732. The lowest BCUT2D eigenvalue weighted by Gasteiger charge is -2.32. The molecule has 0 saturated carbocycles. The highest BCUT2D eigenvalue weighted by Gasteiger charge is 2.53. The van der Waals surface area contributed by atoms with Crippen molar-refractivity contribution in [1.82, 2.24) is 0 Å². The van der Waals surface area contributed by atoms with E-state index in [2.05, 4.69) is 4.18 Å². The fraction of sp³-hybridized carbons (Fsp3) is 0.538. The van der Waals surface area contributed by atoms with Crippen LogP contribution in [0.2, 0.25) is 0 Å².